The fraction of sp³-hybridized carbons (Fsp3) is 0.857. The lowest BCUT2D eigenvalue weighted by molar-refractivity contribution is -0.116. The van der Waals surface area contributed by atoms with Crippen LogP contribution in [0.2, 0.25) is 0 Å². The molecule has 2 nitrogen and oxygen atoms in total. The van der Waals surface area contributed by atoms with Crippen molar-refractivity contribution in [3.05, 3.63) is 0 Å². The highest BCUT2D eigenvalue weighted by Crippen LogP contribution is 1.57. The third-order valence-electron chi connectivity index (χ3n) is 0.426. The smallest absolute Gasteiger partial charge is 0.143 e. The summed E-state index contributed by atoms with van der Waals surface area (Å²) in [4.78, 5) is 9.98. The summed E-state index contributed by atoms with van der Waals surface area (Å²) < 4.78 is 0. The Kier molecular flexibility index (Phi) is 27.1. The zero-order valence-corrected chi connectivity index (χ0v) is 9.56. The van der Waals surface area contributed by atoms with E-state index in [1.165, 1.54) is 6.42 Å². The number of carbonyl (C=O) groups excluding carboxylic acids is 1. The number of rotatable bonds is 2. The van der Waals surface area contributed by atoms with Crippen LogP contribution in [0.3, 0.4) is 0 Å². The molecular formula is C7H20INO. The zero-order chi connectivity index (χ0) is 7.70. The molecule has 0 unspecified atom stereocenters. The number of carbonyl (C=O) groups is 1. The number of ketones is 1. The van der Waals surface area contributed by atoms with Gasteiger partial charge in [0, 0.05) is 1.43 Å². The van der Waals surface area contributed by atoms with Crippen molar-refractivity contribution >= 4 is 29.8 Å². The summed E-state index contributed by atoms with van der Waals surface area (Å²) in [7, 11) is 1.75. The molecule has 0 bridgehead atoms. The Labute approximate surface area is 82.3 Å². The third-order valence-corrected chi connectivity index (χ3v) is 0.426. The van der Waals surface area contributed by atoms with Gasteiger partial charge in [-0.05, 0) is 14.0 Å². The lowest BCUT2D eigenvalue weighted by atomic mass is 10.5. The molecule has 0 spiro atoms. The van der Waals surface area contributed by atoms with E-state index < -0.39 is 0 Å². The first kappa shape index (κ1) is 16.8. The van der Waals surface area contributed by atoms with Gasteiger partial charge in [-0.1, -0.05) is 20.3 Å². The Morgan fingerprint density at radius 3 is 1.80 bits per heavy atom. The van der Waals surface area contributed by atoms with Gasteiger partial charge in [-0.3, -0.25) is 4.79 Å². The van der Waals surface area contributed by atoms with Crippen LogP contribution in [0.15, 0.2) is 0 Å². The Bertz CT molecular complexity index is 71.5. The van der Waals surface area contributed by atoms with Gasteiger partial charge in [-0.15, -0.1) is 24.0 Å². The number of likely N-dealkylation sites (N-methyl/N-ethyl adjacent to an activating group) is 1. The van der Waals surface area contributed by atoms with Gasteiger partial charge < -0.3 is 5.32 Å². The van der Waals surface area contributed by atoms with Crippen LogP contribution < -0.4 is 5.32 Å². The van der Waals surface area contributed by atoms with Gasteiger partial charge in [0.1, 0.15) is 5.78 Å². The van der Waals surface area contributed by atoms with Crippen molar-refractivity contribution < 1.29 is 6.22 Å². The summed E-state index contributed by atoms with van der Waals surface area (Å²) >= 11 is 0. The third kappa shape index (κ3) is 40.1. The molecule has 0 atom stereocenters. The van der Waals surface area contributed by atoms with Crippen molar-refractivity contribution in [2.24, 2.45) is 0 Å². The maximum atomic E-state index is 9.98. The van der Waals surface area contributed by atoms with E-state index in [9.17, 15) is 4.79 Å². The monoisotopic (exact) mass is 261 g/mol. The van der Waals surface area contributed by atoms with Crippen LogP contribution in [0.4, 0.5) is 0 Å². The minimum Gasteiger partial charge on any atom is -0.313 e. The molecule has 0 saturated heterocycles. The average Bonchev–Trinajstić information content (AvgIpc) is 1.67. The van der Waals surface area contributed by atoms with E-state index >= 15 is 0 Å². The van der Waals surface area contributed by atoms with Crippen LogP contribution >= 0.6 is 24.0 Å². The summed E-state index contributed by atoms with van der Waals surface area (Å²) in [5, 5.41) is 2.72. The van der Waals surface area contributed by atoms with Crippen LogP contribution in [0.25, 0.3) is 0 Å². The standard InChI is InChI=1S/C4H9NO.C3H8.HI.H2/c1-4(6)3-5-2;1-3-2;;/h5H,3H2,1-2H3;3H2,1-2H3;2*1H. The molecule has 66 valence electrons. The first-order valence-electron chi connectivity index (χ1n) is 3.33. The van der Waals surface area contributed by atoms with Gasteiger partial charge in [-0.25, -0.2) is 0 Å². The van der Waals surface area contributed by atoms with Crippen molar-refractivity contribution in [3.8, 4) is 0 Å². The van der Waals surface area contributed by atoms with Gasteiger partial charge in [0.25, 0.3) is 0 Å². The summed E-state index contributed by atoms with van der Waals surface area (Å²) in [6.07, 6.45) is 1.25. The molecule has 0 aliphatic rings. The fourth-order valence-corrected chi connectivity index (χ4v) is 0.249. The molecule has 0 fully saturated rings. The number of Topliss-reactive ketones (excluding diaryl/α,β-unsaturated/α-hetero) is 1. The van der Waals surface area contributed by atoms with Crippen LogP contribution in [0, 0.1) is 0 Å². The number of nitrogens with one attached hydrogen (secondary N) is 1. The highest BCUT2D eigenvalue weighted by atomic mass is 127. The van der Waals surface area contributed by atoms with Gasteiger partial charge in [0.05, 0.1) is 6.54 Å². The number of halogens is 1. The Hall–Kier alpha value is 0.360. The second-order valence-corrected chi connectivity index (χ2v) is 1.94. The highest BCUT2D eigenvalue weighted by Gasteiger charge is 1.82. The molecule has 0 aliphatic heterocycles. The van der Waals surface area contributed by atoms with Crippen molar-refractivity contribution in [1.29, 1.82) is 0 Å². The predicted molar refractivity (Wildman–Crippen MR) is 58.1 cm³/mol. The average molecular weight is 261 g/mol. The molecule has 0 aromatic carbocycles. The molecule has 0 aromatic rings. The summed E-state index contributed by atoms with van der Waals surface area (Å²) in [6, 6.07) is 0. The Morgan fingerprint density at radius 2 is 1.80 bits per heavy atom. The number of hydrogen-bond acceptors (Lipinski definition) is 2. The van der Waals surface area contributed by atoms with Crippen molar-refractivity contribution in [3.63, 3.8) is 0 Å². The zero-order valence-electron chi connectivity index (χ0n) is 7.23. The quantitative estimate of drug-likeness (QED) is 0.771. The van der Waals surface area contributed by atoms with E-state index in [1.54, 1.807) is 14.0 Å². The molecule has 0 radical (unpaired) electrons. The molecule has 0 saturated carbocycles. The Balaban J connectivity index is -0.0000000437. The SMILES string of the molecule is CCC.CNCC(C)=O.I.[HH]. The van der Waals surface area contributed by atoms with E-state index in [1.807, 2.05) is 0 Å². The topological polar surface area (TPSA) is 29.1 Å². The molecule has 1 N–H and O–H groups in total. The van der Waals surface area contributed by atoms with E-state index in [4.69, 9.17) is 0 Å². The van der Waals surface area contributed by atoms with Crippen molar-refractivity contribution in [2.45, 2.75) is 27.2 Å². The van der Waals surface area contributed by atoms with Crippen LogP contribution in [-0.2, 0) is 4.79 Å². The minimum atomic E-state index is 0. The molecule has 0 amide bonds. The highest BCUT2D eigenvalue weighted by molar-refractivity contribution is 14.0. The first-order valence-corrected chi connectivity index (χ1v) is 3.33. The maximum Gasteiger partial charge on any atom is 0.143 e. The van der Waals surface area contributed by atoms with Crippen LogP contribution in [-0.4, -0.2) is 19.4 Å². The van der Waals surface area contributed by atoms with Gasteiger partial charge in [0.2, 0.25) is 0 Å². The molecular weight excluding hydrogens is 241 g/mol. The normalized spacial score (nSPS) is 6.80. The van der Waals surface area contributed by atoms with Crippen molar-refractivity contribution in [2.75, 3.05) is 13.6 Å². The molecule has 3 heteroatoms. The lowest BCUT2D eigenvalue weighted by Crippen LogP contribution is -2.14. The van der Waals surface area contributed by atoms with Crippen LogP contribution in [0.1, 0.15) is 28.6 Å². The summed E-state index contributed by atoms with van der Waals surface area (Å²) in [5.74, 6) is 0.178. The van der Waals surface area contributed by atoms with E-state index in [0.29, 0.717) is 6.54 Å². The van der Waals surface area contributed by atoms with E-state index in [2.05, 4.69) is 19.2 Å². The molecule has 0 rings (SSSR count). The molecule has 0 aromatic heterocycles. The second kappa shape index (κ2) is 16.2. The maximum absolute atomic E-state index is 9.98. The van der Waals surface area contributed by atoms with Crippen molar-refractivity contribution in [1.82, 2.24) is 5.32 Å². The van der Waals surface area contributed by atoms with Gasteiger partial charge >= 0.3 is 0 Å². The first-order chi connectivity index (χ1) is 4.18. The predicted octanol–water partition coefficient (Wildman–Crippen LogP) is 2.08. The summed E-state index contributed by atoms with van der Waals surface area (Å²) in [6.45, 7) is 6.29. The van der Waals surface area contributed by atoms with E-state index in [0.717, 1.165) is 0 Å². The van der Waals surface area contributed by atoms with Crippen LogP contribution in [0.5, 0.6) is 0 Å². The second-order valence-electron chi connectivity index (χ2n) is 1.94. The lowest BCUT2D eigenvalue weighted by Gasteiger charge is -1.85. The molecule has 0 aliphatic carbocycles. The number of hydrogen-bond donors (Lipinski definition) is 1. The fourth-order valence-electron chi connectivity index (χ4n) is 0.249. The molecule has 10 heavy (non-hydrogen) atoms. The van der Waals surface area contributed by atoms with Gasteiger partial charge in [-0.2, -0.15) is 0 Å². The largest absolute Gasteiger partial charge is 0.313 e. The minimum absolute atomic E-state index is 0. The van der Waals surface area contributed by atoms with Gasteiger partial charge in [0.15, 0.2) is 0 Å². The Morgan fingerprint density at radius 1 is 1.50 bits per heavy atom. The van der Waals surface area contributed by atoms with E-state index in [-0.39, 0.29) is 31.2 Å². The summed E-state index contributed by atoms with van der Waals surface area (Å²) in [5.41, 5.74) is 0. The molecule has 0 heterocycles.